The van der Waals surface area contributed by atoms with E-state index < -0.39 is 9.84 Å². The van der Waals surface area contributed by atoms with Crippen LogP contribution in [0.4, 0.5) is 5.82 Å². The van der Waals surface area contributed by atoms with Gasteiger partial charge in [0.25, 0.3) is 5.91 Å². The Morgan fingerprint density at radius 3 is 2.81 bits per heavy atom. The van der Waals surface area contributed by atoms with Gasteiger partial charge in [-0.15, -0.1) is 0 Å². The predicted molar refractivity (Wildman–Crippen MR) is 78.0 cm³/mol. The van der Waals surface area contributed by atoms with Crippen molar-refractivity contribution in [2.75, 3.05) is 24.4 Å². The Morgan fingerprint density at radius 2 is 2.19 bits per heavy atom. The Bertz CT molecular complexity index is 650. The molecular weight excluding hydrogens is 318 g/mol. The Hall–Kier alpha value is -1.25. The molecule has 0 radical (unpaired) electrons. The fraction of sp³-hybridized carbons (Fsp3) is 0.583. The summed E-state index contributed by atoms with van der Waals surface area (Å²) in [6, 6.07) is 1.34. The Balaban J connectivity index is 2.40. The van der Waals surface area contributed by atoms with Gasteiger partial charge in [0.05, 0.1) is 24.1 Å². The maximum Gasteiger partial charge on any atom is 0.254 e. The third kappa shape index (κ3) is 4.12. The number of ether oxygens (including phenoxy) is 1. The van der Waals surface area contributed by atoms with E-state index in [4.69, 9.17) is 16.3 Å². The molecule has 1 fully saturated rings. The number of rotatable bonds is 4. The minimum Gasteiger partial charge on any atom is -0.369 e. The van der Waals surface area contributed by atoms with Crippen LogP contribution in [0.1, 0.15) is 19.0 Å². The number of morpholine rings is 1. The Kier molecular flexibility index (Phi) is 4.80. The second-order valence-electron chi connectivity index (χ2n) is 4.90. The van der Waals surface area contributed by atoms with Crippen molar-refractivity contribution in [2.45, 2.75) is 25.1 Å². The molecule has 2 heterocycles. The summed E-state index contributed by atoms with van der Waals surface area (Å²) in [7, 11) is -3.25. The molecule has 116 valence electrons. The molecule has 0 aliphatic carbocycles. The lowest BCUT2D eigenvalue weighted by molar-refractivity contribution is -0.127. The summed E-state index contributed by atoms with van der Waals surface area (Å²) in [4.78, 5) is 21.5. The van der Waals surface area contributed by atoms with Crippen molar-refractivity contribution in [3.8, 4) is 0 Å². The molecule has 2 rings (SSSR count). The third-order valence-electron chi connectivity index (χ3n) is 3.04. The first-order chi connectivity index (χ1) is 9.80. The molecule has 0 bridgehead atoms. The van der Waals surface area contributed by atoms with Gasteiger partial charge in [-0.2, -0.15) is 0 Å². The second kappa shape index (κ2) is 6.25. The molecule has 1 aromatic rings. The summed E-state index contributed by atoms with van der Waals surface area (Å²) in [6.45, 7) is 2.31. The highest BCUT2D eigenvalue weighted by Crippen LogP contribution is 2.23. The lowest BCUT2D eigenvalue weighted by Gasteiger charge is -2.34. The highest BCUT2D eigenvalue weighted by atomic mass is 35.5. The van der Waals surface area contributed by atoms with Crippen LogP contribution in [0.2, 0.25) is 5.28 Å². The summed E-state index contributed by atoms with van der Waals surface area (Å²) in [5.41, 5.74) is 0.265. The van der Waals surface area contributed by atoms with E-state index in [0.29, 0.717) is 18.8 Å². The van der Waals surface area contributed by atoms with Gasteiger partial charge in [-0.05, 0) is 18.0 Å². The molecule has 1 saturated heterocycles. The normalized spacial score (nSPS) is 19.9. The van der Waals surface area contributed by atoms with Crippen molar-refractivity contribution in [1.82, 2.24) is 9.97 Å². The number of hydrogen-bond donors (Lipinski definition) is 0. The minimum absolute atomic E-state index is 0.0282. The van der Waals surface area contributed by atoms with Crippen molar-refractivity contribution in [2.24, 2.45) is 0 Å². The van der Waals surface area contributed by atoms with Crippen LogP contribution in [0.25, 0.3) is 0 Å². The van der Waals surface area contributed by atoms with Gasteiger partial charge in [0.15, 0.2) is 9.84 Å². The van der Waals surface area contributed by atoms with Gasteiger partial charge in [0.2, 0.25) is 5.28 Å². The van der Waals surface area contributed by atoms with Crippen molar-refractivity contribution in [3.63, 3.8) is 0 Å². The van der Waals surface area contributed by atoms with E-state index >= 15 is 0 Å². The monoisotopic (exact) mass is 333 g/mol. The van der Waals surface area contributed by atoms with Gasteiger partial charge in [-0.3, -0.25) is 9.69 Å². The fourth-order valence-electron chi connectivity index (χ4n) is 2.16. The topological polar surface area (TPSA) is 89.5 Å². The highest BCUT2D eigenvalue weighted by Gasteiger charge is 2.30. The first-order valence-electron chi connectivity index (χ1n) is 6.41. The molecule has 0 aromatic carbocycles. The van der Waals surface area contributed by atoms with Crippen LogP contribution in [0.15, 0.2) is 6.07 Å². The molecule has 1 amide bonds. The zero-order valence-electron chi connectivity index (χ0n) is 11.7. The molecule has 9 heteroatoms. The average Bonchev–Trinajstić information content (AvgIpc) is 2.35. The number of aromatic nitrogens is 2. The van der Waals surface area contributed by atoms with Crippen LogP contribution in [0.5, 0.6) is 0 Å². The predicted octanol–water partition coefficient (Wildman–Crippen LogP) is 0.816. The van der Waals surface area contributed by atoms with Gasteiger partial charge >= 0.3 is 0 Å². The largest absolute Gasteiger partial charge is 0.369 e. The lowest BCUT2D eigenvalue weighted by Crippen LogP contribution is -2.49. The summed E-state index contributed by atoms with van der Waals surface area (Å²) in [6.07, 6.45) is 1.80. The van der Waals surface area contributed by atoms with Crippen LogP contribution in [-0.2, 0) is 25.1 Å². The van der Waals surface area contributed by atoms with E-state index in [1.807, 2.05) is 6.92 Å². The number of amides is 1. The lowest BCUT2D eigenvalue weighted by atomic mass is 10.1. The molecule has 1 atom stereocenters. The van der Waals surface area contributed by atoms with Gasteiger partial charge in [-0.25, -0.2) is 18.4 Å². The van der Waals surface area contributed by atoms with Crippen molar-refractivity contribution >= 4 is 33.2 Å². The number of sulfone groups is 1. The fourth-order valence-corrected chi connectivity index (χ4v) is 3.04. The van der Waals surface area contributed by atoms with Crippen LogP contribution in [0, 0.1) is 0 Å². The van der Waals surface area contributed by atoms with Crippen molar-refractivity contribution in [3.05, 3.63) is 17.0 Å². The van der Waals surface area contributed by atoms with Gasteiger partial charge in [-0.1, -0.05) is 6.92 Å². The first kappa shape index (κ1) is 16.1. The molecule has 0 N–H and O–H groups in total. The molecule has 7 nitrogen and oxygen atoms in total. The van der Waals surface area contributed by atoms with Crippen molar-refractivity contribution in [1.29, 1.82) is 0 Å². The van der Waals surface area contributed by atoms with Crippen LogP contribution < -0.4 is 4.90 Å². The quantitative estimate of drug-likeness (QED) is 0.758. The van der Waals surface area contributed by atoms with Crippen LogP contribution in [0.3, 0.4) is 0 Å². The Morgan fingerprint density at radius 1 is 1.48 bits per heavy atom. The number of halogens is 1. The van der Waals surface area contributed by atoms with Gasteiger partial charge < -0.3 is 4.74 Å². The van der Waals surface area contributed by atoms with Gasteiger partial charge in [0.1, 0.15) is 12.4 Å². The van der Waals surface area contributed by atoms with E-state index in [1.165, 1.54) is 11.0 Å². The van der Waals surface area contributed by atoms with E-state index in [2.05, 4.69) is 9.97 Å². The molecule has 21 heavy (non-hydrogen) atoms. The van der Waals surface area contributed by atoms with Crippen LogP contribution >= 0.6 is 11.6 Å². The standard InChI is InChI=1S/C12H16ClN3O4S/c1-3-9-5-20-6-11(17)16(9)10-4-8(7-21(2,18)19)14-12(13)15-10/h4,9H,3,5-7H2,1-2H3/t9-/m0/s1. The van der Waals surface area contributed by atoms with Gasteiger partial charge in [0, 0.05) is 12.3 Å². The molecule has 1 aromatic heterocycles. The Labute approximate surface area is 128 Å². The molecule has 0 spiro atoms. The highest BCUT2D eigenvalue weighted by molar-refractivity contribution is 7.89. The van der Waals surface area contributed by atoms with E-state index in [1.54, 1.807) is 0 Å². The summed E-state index contributed by atoms with van der Waals surface area (Å²) >= 11 is 5.85. The summed E-state index contributed by atoms with van der Waals surface area (Å²) in [5, 5.41) is -0.0831. The average molecular weight is 334 g/mol. The van der Waals surface area contributed by atoms with E-state index in [-0.39, 0.29) is 35.3 Å². The number of carbonyl (C=O) groups excluding carboxylic acids is 1. The van der Waals surface area contributed by atoms with E-state index in [9.17, 15) is 13.2 Å². The molecular formula is C12H16ClN3O4S. The maximum absolute atomic E-state index is 12.1. The van der Waals surface area contributed by atoms with E-state index in [0.717, 1.165) is 6.26 Å². The summed E-state index contributed by atoms with van der Waals surface area (Å²) < 4.78 is 28.0. The summed E-state index contributed by atoms with van der Waals surface area (Å²) in [5.74, 6) is -0.167. The smallest absolute Gasteiger partial charge is 0.254 e. The zero-order valence-corrected chi connectivity index (χ0v) is 13.3. The maximum atomic E-state index is 12.1. The van der Waals surface area contributed by atoms with Crippen molar-refractivity contribution < 1.29 is 17.9 Å². The number of nitrogens with zero attached hydrogens (tertiary/aromatic N) is 3. The first-order valence-corrected chi connectivity index (χ1v) is 8.85. The third-order valence-corrected chi connectivity index (χ3v) is 4.03. The number of anilines is 1. The minimum atomic E-state index is -3.25. The number of carbonyl (C=O) groups is 1. The molecule has 0 saturated carbocycles. The SMILES string of the molecule is CC[C@H]1COCC(=O)N1c1cc(CS(C)(=O)=O)nc(Cl)n1. The zero-order chi connectivity index (χ0) is 15.6. The molecule has 0 unspecified atom stereocenters. The molecule has 1 aliphatic heterocycles. The van der Waals surface area contributed by atoms with Crippen LogP contribution in [-0.4, -0.2) is 49.8 Å². The molecule has 1 aliphatic rings. The second-order valence-corrected chi connectivity index (χ2v) is 7.38. The number of hydrogen-bond acceptors (Lipinski definition) is 6.